The molecule has 5 nitrogen and oxygen atoms in total. The summed E-state index contributed by atoms with van der Waals surface area (Å²) < 4.78 is 37.0. The van der Waals surface area contributed by atoms with Crippen LogP contribution in [0.1, 0.15) is 18.6 Å². The van der Waals surface area contributed by atoms with Crippen molar-refractivity contribution in [3.8, 4) is 0 Å². The van der Waals surface area contributed by atoms with Crippen LogP contribution in [0.4, 0.5) is 0 Å². The fourth-order valence-electron chi connectivity index (χ4n) is 1.98. The minimum atomic E-state index is -3.59. The monoisotopic (exact) mass is 371 g/mol. The van der Waals surface area contributed by atoms with Crippen molar-refractivity contribution >= 4 is 37.6 Å². The van der Waals surface area contributed by atoms with E-state index in [2.05, 4.69) is 15.9 Å². The summed E-state index contributed by atoms with van der Waals surface area (Å²) in [6.45, 7) is 1.04. The summed E-state index contributed by atoms with van der Waals surface area (Å²) in [5.74, 6) is 0.543. The van der Waals surface area contributed by atoms with E-state index in [0.717, 1.165) is 12.8 Å². The summed E-state index contributed by atoms with van der Waals surface area (Å²) in [5, 5.41) is 0. The summed E-state index contributed by atoms with van der Waals surface area (Å²) in [6, 6.07) is 1.44. The number of hydrogen-bond acceptors (Lipinski definition) is 4. The summed E-state index contributed by atoms with van der Waals surface area (Å²) in [6.07, 6.45) is 1.84. The SMILES string of the molecule is CN(CC1CCCO1)S(=O)(=O)c1cc(CCl)oc1Br. The third kappa shape index (κ3) is 3.33. The van der Waals surface area contributed by atoms with Crippen LogP contribution in [0.25, 0.3) is 0 Å². The molecule has 0 amide bonds. The maximum Gasteiger partial charge on any atom is 0.247 e. The molecule has 1 atom stereocenters. The van der Waals surface area contributed by atoms with Crippen LogP contribution in [0, 0.1) is 0 Å². The predicted octanol–water partition coefficient (Wildman–Crippen LogP) is 2.58. The molecule has 1 unspecified atom stereocenters. The van der Waals surface area contributed by atoms with E-state index in [9.17, 15) is 8.42 Å². The molecule has 108 valence electrons. The Balaban J connectivity index is 2.17. The number of alkyl halides is 1. The molecule has 1 aromatic rings. The number of furan rings is 1. The van der Waals surface area contributed by atoms with Gasteiger partial charge in [0.2, 0.25) is 10.0 Å². The molecule has 1 saturated heterocycles. The van der Waals surface area contributed by atoms with Crippen molar-refractivity contribution in [2.45, 2.75) is 29.7 Å². The Morgan fingerprint density at radius 3 is 2.84 bits per heavy atom. The number of nitrogens with zero attached hydrogens (tertiary/aromatic N) is 1. The fourth-order valence-corrected chi connectivity index (χ4v) is 4.27. The van der Waals surface area contributed by atoms with E-state index in [1.54, 1.807) is 0 Å². The Bertz CT molecular complexity index is 539. The summed E-state index contributed by atoms with van der Waals surface area (Å²) in [7, 11) is -2.05. The first kappa shape index (κ1) is 15.3. The maximum absolute atomic E-state index is 12.4. The Kier molecular flexibility index (Phi) is 4.94. The van der Waals surface area contributed by atoms with Crippen LogP contribution in [0.15, 0.2) is 20.0 Å². The zero-order valence-electron chi connectivity index (χ0n) is 10.4. The molecule has 0 bridgehead atoms. The lowest BCUT2D eigenvalue weighted by Gasteiger charge is -2.19. The van der Waals surface area contributed by atoms with Gasteiger partial charge in [-0.1, -0.05) is 0 Å². The van der Waals surface area contributed by atoms with Gasteiger partial charge in [-0.05, 0) is 28.8 Å². The predicted molar refractivity (Wildman–Crippen MR) is 74.8 cm³/mol. The number of likely N-dealkylation sites (N-methyl/N-ethyl adjacent to an activating group) is 1. The van der Waals surface area contributed by atoms with Gasteiger partial charge < -0.3 is 9.15 Å². The van der Waals surface area contributed by atoms with Crippen LogP contribution in [-0.4, -0.2) is 39.0 Å². The highest BCUT2D eigenvalue weighted by molar-refractivity contribution is 9.10. The molecule has 1 aromatic heterocycles. The Morgan fingerprint density at radius 1 is 1.58 bits per heavy atom. The van der Waals surface area contributed by atoms with Crippen LogP contribution in [-0.2, 0) is 20.6 Å². The first-order chi connectivity index (χ1) is 8.95. The number of sulfonamides is 1. The Labute approximate surface area is 126 Å². The second kappa shape index (κ2) is 6.13. The van der Waals surface area contributed by atoms with E-state index in [1.165, 1.54) is 17.4 Å². The van der Waals surface area contributed by atoms with Gasteiger partial charge in [0.1, 0.15) is 10.7 Å². The molecule has 0 radical (unpaired) electrons. The van der Waals surface area contributed by atoms with Crippen LogP contribution >= 0.6 is 27.5 Å². The molecule has 2 rings (SSSR count). The highest BCUT2D eigenvalue weighted by Gasteiger charge is 2.29. The Hall–Kier alpha value is -0.0800. The third-order valence-electron chi connectivity index (χ3n) is 3.01. The van der Waals surface area contributed by atoms with Gasteiger partial charge in [0.25, 0.3) is 0 Å². The second-order valence-electron chi connectivity index (χ2n) is 4.40. The lowest BCUT2D eigenvalue weighted by molar-refractivity contribution is 0.0978. The lowest BCUT2D eigenvalue weighted by Crippen LogP contribution is -2.34. The fraction of sp³-hybridized carbons (Fsp3) is 0.636. The van der Waals surface area contributed by atoms with E-state index >= 15 is 0 Å². The molecule has 19 heavy (non-hydrogen) atoms. The van der Waals surface area contributed by atoms with Gasteiger partial charge in [0, 0.05) is 26.3 Å². The molecule has 0 aliphatic carbocycles. The van der Waals surface area contributed by atoms with E-state index in [0.29, 0.717) is 18.9 Å². The number of hydrogen-bond donors (Lipinski definition) is 0. The van der Waals surface area contributed by atoms with Gasteiger partial charge >= 0.3 is 0 Å². The normalized spacial score (nSPS) is 20.3. The first-order valence-electron chi connectivity index (χ1n) is 5.87. The minimum Gasteiger partial charge on any atom is -0.452 e. The molecule has 1 fully saturated rings. The smallest absolute Gasteiger partial charge is 0.247 e. The number of rotatable bonds is 5. The zero-order chi connectivity index (χ0) is 14.0. The highest BCUT2D eigenvalue weighted by Crippen LogP contribution is 2.29. The van der Waals surface area contributed by atoms with E-state index < -0.39 is 10.0 Å². The number of ether oxygens (including phenoxy) is 1. The molecule has 0 aromatic carbocycles. The van der Waals surface area contributed by atoms with Gasteiger partial charge in [-0.2, -0.15) is 4.31 Å². The molecule has 0 saturated carbocycles. The van der Waals surface area contributed by atoms with Crippen LogP contribution < -0.4 is 0 Å². The van der Waals surface area contributed by atoms with Crippen LogP contribution in [0.2, 0.25) is 0 Å². The quantitative estimate of drug-likeness (QED) is 0.745. The molecular weight excluding hydrogens is 358 g/mol. The van der Waals surface area contributed by atoms with Crippen molar-refractivity contribution in [3.05, 3.63) is 16.5 Å². The van der Waals surface area contributed by atoms with Crippen molar-refractivity contribution in [2.75, 3.05) is 20.2 Å². The molecular formula is C11H15BrClNO4S. The third-order valence-corrected chi connectivity index (χ3v) is 5.95. The zero-order valence-corrected chi connectivity index (χ0v) is 13.6. The average molecular weight is 373 g/mol. The molecule has 2 heterocycles. The van der Waals surface area contributed by atoms with Crippen molar-refractivity contribution in [3.63, 3.8) is 0 Å². The van der Waals surface area contributed by atoms with Crippen molar-refractivity contribution in [2.24, 2.45) is 0 Å². The molecule has 1 aliphatic heterocycles. The van der Waals surface area contributed by atoms with E-state index in [-0.39, 0.29) is 21.5 Å². The molecule has 0 spiro atoms. The number of halogens is 2. The topological polar surface area (TPSA) is 59.8 Å². The summed E-state index contributed by atoms with van der Waals surface area (Å²) in [4.78, 5) is 0.101. The molecule has 0 N–H and O–H groups in total. The van der Waals surface area contributed by atoms with Gasteiger partial charge in [0.05, 0.1) is 12.0 Å². The van der Waals surface area contributed by atoms with E-state index in [4.69, 9.17) is 20.8 Å². The maximum atomic E-state index is 12.4. The van der Waals surface area contributed by atoms with Gasteiger partial charge in [-0.15, -0.1) is 11.6 Å². The lowest BCUT2D eigenvalue weighted by atomic mass is 10.2. The van der Waals surface area contributed by atoms with Gasteiger partial charge in [-0.3, -0.25) is 0 Å². The minimum absolute atomic E-state index is 0.0297. The van der Waals surface area contributed by atoms with Crippen molar-refractivity contribution in [1.82, 2.24) is 4.31 Å². The standard InChI is InChI=1S/C11H15BrClNO4S/c1-14(7-8-3-2-4-17-8)19(15,16)10-5-9(6-13)18-11(10)12/h5,8H,2-4,6-7H2,1H3. The van der Waals surface area contributed by atoms with E-state index in [1.807, 2.05) is 0 Å². The highest BCUT2D eigenvalue weighted by atomic mass is 79.9. The second-order valence-corrected chi connectivity index (χ2v) is 7.41. The summed E-state index contributed by atoms with van der Waals surface area (Å²) >= 11 is 8.75. The molecule has 1 aliphatic rings. The summed E-state index contributed by atoms with van der Waals surface area (Å²) in [5.41, 5.74) is 0. The average Bonchev–Trinajstić information content (AvgIpc) is 2.98. The van der Waals surface area contributed by atoms with Gasteiger partial charge in [0.15, 0.2) is 4.67 Å². The van der Waals surface area contributed by atoms with Crippen LogP contribution in [0.3, 0.4) is 0 Å². The van der Waals surface area contributed by atoms with Crippen LogP contribution in [0.5, 0.6) is 0 Å². The van der Waals surface area contributed by atoms with Crippen molar-refractivity contribution in [1.29, 1.82) is 0 Å². The van der Waals surface area contributed by atoms with Crippen molar-refractivity contribution < 1.29 is 17.6 Å². The molecule has 8 heteroatoms. The first-order valence-corrected chi connectivity index (χ1v) is 8.64. The largest absolute Gasteiger partial charge is 0.452 e. The Morgan fingerprint density at radius 2 is 2.32 bits per heavy atom. The van der Waals surface area contributed by atoms with Gasteiger partial charge in [-0.25, -0.2) is 8.42 Å².